The van der Waals surface area contributed by atoms with Crippen LogP contribution in [0.4, 0.5) is 5.69 Å². The minimum absolute atomic E-state index is 0.0107. The number of hydrogen-bond donors (Lipinski definition) is 3. The van der Waals surface area contributed by atoms with Crippen molar-refractivity contribution >= 4 is 11.6 Å². The Morgan fingerprint density at radius 1 is 1.33 bits per heavy atom. The lowest BCUT2D eigenvalue weighted by Gasteiger charge is -2.20. The normalized spacial score (nSPS) is 14.0. The third kappa shape index (κ3) is 4.47. The van der Waals surface area contributed by atoms with Crippen LogP contribution in [0, 0.1) is 0 Å². The molecule has 0 fully saturated rings. The van der Waals surface area contributed by atoms with Gasteiger partial charge in [-0.15, -0.1) is 0 Å². The molecule has 0 bridgehead atoms. The quantitative estimate of drug-likeness (QED) is 0.724. The molecule has 18 heavy (non-hydrogen) atoms. The van der Waals surface area contributed by atoms with Crippen molar-refractivity contribution in [1.29, 1.82) is 0 Å². The summed E-state index contributed by atoms with van der Waals surface area (Å²) in [6.07, 6.45) is 0.501. The molecule has 4 heteroatoms. The second-order valence-electron chi connectivity index (χ2n) is 4.49. The predicted octanol–water partition coefficient (Wildman–Crippen LogP) is 2.07. The highest BCUT2D eigenvalue weighted by Gasteiger charge is 2.15. The van der Waals surface area contributed by atoms with Gasteiger partial charge in [0.2, 0.25) is 5.91 Å². The van der Waals surface area contributed by atoms with E-state index in [9.17, 15) is 9.90 Å². The van der Waals surface area contributed by atoms with Gasteiger partial charge >= 0.3 is 0 Å². The Kier molecular flexibility index (Phi) is 5.82. The standard InChI is InChI=1S/C14H22N2O2/c1-4-9-15-10(2)14(18)12-5-7-13(8-6-12)16-11(3)17/h5-8,10,14-15,18H,4,9H2,1-3H3,(H,16,17). The second kappa shape index (κ2) is 7.13. The SMILES string of the molecule is CCCNC(C)C(O)c1ccc(NC(C)=O)cc1. The maximum atomic E-state index is 10.9. The molecule has 1 amide bonds. The molecular formula is C14H22N2O2. The van der Waals surface area contributed by atoms with Crippen LogP contribution < -0.4 is 10.6 Å². The van der Waals surface area contributed by atoms with Gasteiger partial charge in [0, 0.05) is 18.7 Å². The average molecular weight is 250 g/mol. The first kappa shape index (κ1) is 14.7. The molecule has 2 unspecified atom stereocenters. The van der Waals surface area contributed by atoms with Crippen LogP contribution in [-0.2, 0) is 4.79 Å². The number of anilines is 1. The molecule has 0 heterocycles. The van der Waals surface area contributed by atoms with Gasteiger partial charge < -0.3 is 15.7 Å². The third-order valence-corrected chi connectivity index (χ3v) is 2.76. The van der Waals surface area contributed by atoms with Crippen molar-refractivity contribution < 1.29 is 9.90 Å². The Bertz CT molecular complexity index is 376. The number of carbonyl (C=O) groups excluding carboxylic acids is 1. The lowest BCUT2D eigenvalue weighted by atomic mass is 10.0. The lowest BCUT2D eigenvalue weighted by Crippen LogP contribution is -2.32. The summed E-state index contributed by atoms with van der Waals surface area (Å²) in [4.78, 5) is 10.9. The van der Waals surface area contributed by atoms with Crippen LogP contribution in [0.1, 0.15) is 38.9 Å². The molecule has 100 valence electrons. The molecule has 0 aromatic heterocycles. The zero-order valence-corrected chi connectivity index (χ0v) is 11.2. The van der Waals surface area contributed by atoms with Crippen LogP contribution in [0.3, 0.4) is 0 Å². The molecule has 0 saturated carbocycles. The van der Waals surface area contributed by atoms with Crippen molar-refractivity contribution in [2.24, 2.45) is 0 Å². The van der Waals surface area contributed by atoms with Gasteiger partial charge in [0.05, 0.1) is 6.10 Å². The van der Waals surface area contributed by atoms with Crippen molar-refractivity contribution in [3.05, 3.63) is 29.8 Å². The molecule has 0 radical (unpaired) electrons. The van der Waals surface area contributed by atoms with Crippen molar-refractivity contribution in [3.63, 3.8) is 0 Å². The number of hydrogen-bond acceptors (Lipinski definition) is 3. The summed E-state index contributed by atoms with van der Waals surface area (Å²) in [6.45, 7) is 6.41. The Hall–Kier alpha value is -1.39. The number of aliphatic hydroxyl groups excluding tert-OH is 1. The fourth-order valence-electron chi connectivity index (χ4n) is 1.74. The monoisotopic (exact) mass is 250 g/mol. The zero-order chi connectivity index (χ0) is 13.5. The Morgan fingerprint density at radius 2 is 1.94 bits per heavy atom. The molecule has 0 aliphatic heterocycles. The van der Waals surface area contributed by atoms with Gasteiger partial charge in [-0.1, -0.05) is 19.1 Å². The average Bonchev–Trinajstić information content (AvgIpc) is 2.35. The van der Waals surface area contributed by atoms with Crippen LogP contribution >= 0.6 is 0 Å². The summed E-state index contributed by atoms with van der Waals surface area (Å²) in [7, 11) is 0. The van der Waals surface area contributed by atoms with Crippen LogP contribution in [0.5, 0.6) is 0 Å². The van der Waals surface area contributed by atoms with Crippen LogP contribution in [0.25, 0.3) is 0 Å². The zero-order valence-electron chi connectivity index (χ0n) is 11.2. The number of benzene rings is 1. The Labute approximate surface area is 108 Å². The van der Waals surface area contributed by atoms with Crippen LogP contribution in [-0.4, -0.2) is 23.6 Å². The number of aliphatic hydroxyl groups is 1. The van der Waals surface area contributed by atoms with E-state index in [0.717, 1.165) is 24.2 Å². The van der Waals surface area contributed by atoms with Gasteiger partial charge in [-0.2, -0.15) is 0 Å². The van der Waals surface area contributed by atoms with E-state index >= 15 is 0 Å². The third-order valence-electron chi connectivity index (χ3n) is 2.76. The summed E-state index contributed by atoms with van der Waals surface area (Å²) < 4.78 is 0. The van der Waals surface area contributed by atoms with Gasteiger partial charge in [0.15, 0.2) is 0 Å². The fourth-order valence-corrected chi connectivity index (χ4v) is 1.74. The van der Waals surface area contributed by atoms with Crippen molar-refractivity contribution in [1.82, 2.24) is 5.32 Å². The molecule has 0 spiro atoms. The van der Waals surface area contributed by atoms with E-state index in [0.29, 0.717) is 0 Å². The van der Waals surface area contributed by atoms with E-state index in [-0.39, 0.29) is 11.9 Å². The highest BCUT2D eigenvalue weighted by molar-refractivity contribution is 5.88. The highest BCUT2D eigenvalue weighted by atomic mass is 16.3. The van der Waals surface area contributed by atoms with Gasteiger partial charge in [-0.3, -0.25) is 4.79 Å². The van der Waals surface area contributed by atoms with Gasteiger partial charge in [-0.05, 0) is 37.6 Å². The lowest BCUT2D eigenvalue weighted by molar-refractivity contribution is -0.114. The van der Waals surface area contributed by atoms with Gasteiger partial charge in [0.25, 0.3) is 0 Å². The van der Waals surface area contributed by atoms with Crippen molar-refractivity contribution in [3.8, 4) is 0 Å². The summed E-state index contributed by atoms with van der Waals surface area (Å²) in [6, 6.07) is 7.27. The topological polar surface area (TPSA) is 61.4 Å². The molecule has 0 saturated heterocycles. The number of nitrogens with one attached hydrogen (secondary N) is 2. The molecule has 2 atom stereocenters. The number of rotatable bonds is 6. The molecule has 1 aromatic rings. The molecule has 1 aromatic carbocycles. The molecule has 0 aliphatic carbocycles. The molecular weight excluding hydrogens is 228 g/mol. The summed E-state index contributed by atoms with van der Waals surface area (Å²) >= 11 is 0. The molecule has 0 aliphatic rings. The Morgan fingerprint density at radius 3 is 2.44 bits per heavy atom. The van der Waals surface area contributed by atoms with E-state index in [1.807, 2.05) is 19.1 Å². The van der Waals surface area contributed by atoms with Crippen LogP contribution in [0.15, 0.2) is 24.3 Å². The number of amides is 1. The second-order valence-corrected chi connectivity index (χ2v) is 4.49. The van der Waals surface area contributed by atoms with E-state index in [4.69, 9.17) is 0 Å². The summed E-state index contributed by atoms with van der Waals surface area (Å²) in [5.74, 6) is -0.0960. The first-order valence-electron chi connectivity index (χ1n) is 6.33. The van der Waals surface area contributed by atoms with E-state index < -0.39 is 6.10 Å². The van der Waals surface area contributed by atoms with Crippen molar-refractivity contribution in [2.75, 3.05) is 11.9 Å². The Balaban J connectivity index is 2.63. The first-order chi connectivity index (χ1) is 8.54. The molecule has 3 N–H and O–H groups in total. The smallest absolute Gasteiger partial charge is 0.221 e. The minimum Gasteiger partial charge on any atom is -0.387 e. The maximum Gasteiger partial charge on any atom is 0.221 e. The van der Waals surface area contributed by atoms with Crippen LogP contribution in [0.2, 0.25) is 0 Å². The number of carbonyl (C=O) groups is 1. The minimum atomic E-state index is -0.539. The maximum absolute atomic E-state index is 10.9. The van der Waals surface area contributed by atoms with Gasteiger partial charge in [-0.25, -0.2) is 0 Å². The van der Waals surface area contributed by atoms with E-state index in [2.05, 4.69) is 17.6 Å². The van der Waals surface area contributed by atoms with Gasteiger partial charge in [0.1, 0.15) is 0 Å². The molecule has 4 nitrogen and oxygen atoms in total. The largest absolute Gasteiger partial charge is 0.387 e. The highest BCUT2D eigenvalue weighted by Crippen LogP contribution is 2.19. The fraction of sp³-hybridized carbons (Fsp3) is 0.500. The van der Waals surface area contributed by atoms with Crippen molar-refractivity contribution in [2.45, 2.75) is 39.3 Å². The summed E-state index contributed by atoms with van der Waals surface area (Å²) in [5.41, 5.74) is 1.59. The summed E-state index contributed by atoms with van der Waals surface area (Å²) in [5, 5.41) is 16.1. The predicted molar refractivity (Wildman–Crippen MR) is 73.5 cm³/mol. The van der Waals surface area contributed by atoms with E-state index in [1.54, 1.807) is 12.1 Å². The molecule has 1 rings (SSSR count). The first-order valence-corrected chi connectivity index (χ1v) is 6.33. The van der Waals surface area contributed by atoms with E-state index in [1.165, 1.54) is 6.92 Å².